The second kappa shape index (κ2) is 5.87. The topological polar surface area (TPSA) is 32.3 Å². The van der Waals surface area contributed by atoms with E-state index in [1.54, 1.807) is 0 Å². The summed E-state index contributed by atoms with van der Waals surface area (Å²) in [4.78, 5) is 0. The molecule has 1 aromatic carbocycles. The monoisotopic (exact) mass is 275 g/mol. The molecule has 0 heterocycles. The van der Waals surface area contributed by atoms with Gasteiger partial charge in [0.2, 0.25) is 0 Å². The minimum atomic E-state index is 0.0471. The smallest absolute Gasteiger partial charge is 0.0626 e. The minimum absolute atomic E-state index is 0.0471. The first-order chi connectivity index (χ1) is 9.31. The first kappa shape index (κ1) is 15.5. The fraction of sp³-hybridized carbons (Fsp3) is 0.667. The SMILES string of the molecule is CC1(C)CC(NC(CO)c2ccccc2)CC(C)(C)C1. The van der Waals surface area contributed by atoms with E-state index in [1.807, 2.05) is 18.2 Å². The first-order valence-corrected chi connectivity index (χ1v) is 7.73. The van der Waals surface area contributed by atoms with Gasteiger partial charge in [-0.25, -0.2) is 0 Å². The highest BCUT2D eigenvalue weighted by Gasteiger charge is 2.38. The Labute approximate surface area is 123 Å². The molecule has 1 unspecified atom stereocenters. The molecule has 0 bridgehead atoms. The van der Waals surface area contributed by atoms with Crippen molar-refractivity contribution in [2.24, 2.45) is 10.8 Å². The van der Waals surface area contributed by atoms with Gasteiger partial charge in [0.15, 0.2) is 0 Å². The van der Waals surface area contributed by atoms with Gasteiger partial charge in [0.25, 0.3) is 0 Å². The van der Waals surface area contributed by atoms with E-state index in [0.29, 0.717) is 16.9 Å². The van der Waals surface area contributed by atoms with Crippen molar-refractivity contribution in [1.82, 2.24) is 5.32 Å². The Morgan fingerprint density at radius 1 is 1.10 bits per heavy atom. The van der Waals surface area contributed by atoms with Gasteiger partial charge >= 0.3 is 0 Å². The molecule has 1 saturated carbocycles. The van der Waals surface area contributed by atoms with Crippen molar-refractivity contribution < 1.29 is 5.11 Å². The predicted molar refractivity (Wildman–Crippen MR) is 84.6 cm³/mol. The van der Waals surface area contributed by atoms with Gasteiger partial charge in [0.1, 0.15) is 0 Å². The third kappa shape index (κ3) is 4.07. The summed E-state index contributed by atoms with van der Waals surface area (Å²) in [6.07, 6.45) is 3.63. The van der Waals surface area contributed by atoms with Crippen LogP contribution in [-0.4, -0.2) is 17.8 Å². The third-order valence-electron chi connectivity index (χ3n) is 4.38. The summed E-state index contributed by atoms with van der Waals surface area (Å²) >= 11 is 0. The van der Waals surface area contributed by atoms with E-state index < -0.39 is 0 Å². The van der Waals surface area contributed by atoms with Crippen molar-refractivity contribution in [1.29, 1.82) is 0 Å². The van der Waals surface area contributed by atoms with Crippen molar-refractivity contribution in [3.05, 3.63) is 35.9 Å². The minimum Gasteiger partial charge on any atom is -0.394 e. The number of aliphatic hydroxyl groups is 1. The van der Waals surface area contributed by atoms with Gasteiger partial charge in [0, 0.05) is 6.04 Å². The average Bonchev–Trinajstić information content (AvgIpc) is 2.33. The molecule has 2 rings (SSSR count). The zero-order valence-corrected chi connectivity index (χ0v) is 13.3. The maximum Gasteiger partial charge on any atom is 0.0626 e. The normalized spacial score (nSPS) is 23.4. The zero-order valence-electron chi connectivity index (χ0n) is 13.3. The highest BCUT2D eigenvalue weighted by atomic mass is 16.3. The van der Waals surface area contributed by atoms with Crippen LogP contribution in [0.3, 0.4) is 0 Å². The molecule has 1 atom stereocenters. The molecule has 1 fully saturated rings. The largest absolute Gasteiger partial charge is 0.394 e. The number of hydrogen-bond donors (Lipinski definition) is 2. The van der Waals surface area contributed by atoms with E-state index >= 15 is 0 Å². The Kier molecular flexibility index (Phi) is 4.55. The molecular formula is C18H29NO. The summed E-state index contributed by atoms with van der Waals surface area (Å²) in [5, 5.41) is 13.4. The van der Waals surface area contributed by atoms with Crippen LogP contribution in [0.2, 0.25) is 0 Å². The molecule has 0 spiro atoms. The van der Waals surface area contributed by atoms with Gasteiger partial charge in [-0.1, -0.05) is 58.0 Å². The van der Waals surface area contributed by atoms with E-state index in [9.17, 15) is 5.11 Å². The quantitative estimate of drug-likeness (QED) is 0.873. The molecule has 0 saturated heterocycles. The van der Waals surface area contributed by atoms with E-state index in [-0.39, 0.29) is 12.6 Å². The predicted octanol–water partition coefficient (Wildman–Crippen LogP) is 3.91. The van der Waals surface area contributed by atoms with Gasteiger partial charge in [-0.3, -0.25) is 0 Å². The fourth-order valence-electron chi connectivity index (χ4n) is 4.19. The van der Waals surface area contributed by atoms with Crippen molar-refractivity contribution in [2.75, 3.05) is 6.61 Å². The molecular weight excluding hydrogens is 246 g/mol. The number of nitrogens with one attached hydrogen (secondary N) is 1. The summed E-state index contributed by atoms with van der Waals surface area (Å²) in [5.74, 6) is 0. The van der Waals surface area contributed by atoms with Crippen molar-refractivity contribution in [3.8, 4) is 0 Å². The fourth-order valence-corrected chi connectivity index (χ4v) is 4.19. The molecule has 1 aliphatic rings. The average molecular weight is 275 g/mol. The second-order valence-corrected chi connectivity index (χ2v) is 7.92. The molecule has 1 aliphatic carbocycles. The van der Waals surface area contributed by atoms with Crippen LogP contribution in [-0.2, 0) is 0 Å². The number of hydrogen-bond acceptors (Lipinski definition) is 2. The van der Waals surface area contributed by atoms with Crippen LogP contribution in [0.5, 0.6) is 0 Å². The summed E-state index contributed by atoms with van der Waals surface area (Å²) in [6, 6.07) is 10.8. The Morgan fingerprint density at radius 3 is 2.15 bits per heavy atom. The van der Waals surface area contributed by atoms with Crippen LogP contribution < -0.4 is 5.32 Å². The van der Waals surface area contributed by atoms with Crippen molar-refractivity contribution in [2.45, 2.75) is 59.0 Å². The maximum absolute atomic E-state index is 9.71. The third-order valence-corrected chi connectivity index (χ3v) is 4.38. The van der Waals surface area contributed by atoms with Crippen LogP contribution in [0.15, 0.2) is 30.3 Å². The van der Waals surface area contributed by atoms with E-state index in [0.717, 1.165) is 0 Å². The Bertz CT molecular complexity index is 408. The molecule has 2 nitrogen and oxygen atoms in total. The Hall–Kier alpha value is -0.860. The molecule has 20 heavy (non-hydrogen) atoms. The van der Waals surface area contributed by atoms with Gasteiger partial charge in [0.05, 0.1) is 12.6 Å². The van der Waals surface area contributed by atoms with Gasteiger partial charge < -0.3 is 10.4 Å². The second-order valence-electron chi connectivity index (χ2n) is 7.92. The molecule has 2 heteroatoms. The number of aliphatic hydroxyl groups excluding tert-OH is 1. The van der Waals surface area contributed by atoms with E-state index in [2.05, 4.69) is 45.1 Å². The lowest BCUT2D eigenvalue weighted by Crippen LogP contribution is -2.45. The van der Waals surface area contributed by atoms with Crippen LogP contribution in [0.4, 0.5) is 0 Å². The summed E-state index contributed by atoms with van der Waals surface area (Å²) in [5.41, 5.74) is 1.92. The van der Waals surface area contributed by atoms with E-state index in [1.165, 1.54) is 24.8 Å². The Morgan fingerprint density at radius 2 is 1.65 bits per heavy atom. The highest BCUT2D eigenvalue weighted by molar-refractivity contribution is 5.19. The van der Waals surface area contributed by atoms with Crippen LogP contribution in [0.25, 0.3) is 0 Å². The van der Waals surface area contributed by atoms with Crippen molar-refractivity contribution in [3.63, 3.8) is 0 Å². The molecule has 112 valence electrons. The van der Waals surface area contributed by atoms with Crippen LogP contribution in [0.1, 0.15) is 58.6 Å². The molecule has 1 aromatic rings. The summed E-state index contributed by atoms with van der Waals surface area (Å²) in [7, 11) is 0. The summed E-state index contributed by atoms with van der Waals surface area (Å²) in [6.45, 7) is 9.59. The maximum atomic E-state index is 9.71. The molecule has 2 N–H and O–H groups in total. The molecule has 0 amide bonds. The van der Waals surface area contributed by atoms with Gasteiger partial charge in [-0.15, -0.1) is 0 Å². The number of rotatable bonds is 4. The zero-order chi connectivity index (χ0) is 14.8. The van der Waals surface area contributed by atoms with Crippen molar-refractivity contribution >= 4 is 0 Å². The van der Waals surface area contributed by atoms with Gasteiger partial charge in [-0.05, 0) is 35.7 Å². The lowest BCUT2D eigenvalue weighted by Gasteiger charge is -2.46. The lowest BCUT2D eigenvalue weighted by molar-refractivity contribution is 0.0749. The van der Waals surface area contributed by atoms with Gasteiger partial charge in [-0.2, -0.15) is 0 Å². The lowest BCUT2D eigenvalue weighted by atomic mass is 9.63. The van der Waals surface area contributed by atoms with Crippen LogP contribution >= 0.6 is 0 Å². The molecule has 0 radical (unpaired) electrons. The standard InChI is InChI=1S/C18H29NO/c1-17(2)10-15(11-18(3,4)13-17)19-16(12-20)14-8-6-5-7-9-14/h5-9,15-16,19-20H,10-13H2,1-4H3. The number of benzene rings is 1. The Balaban J connectivity index is 2.08. The van der Waals surface area contributed by atoms with E-state index in [4.69, 9.17) is 0 Å². The summed E-state index contributed by atoms with van der Waals surface area (Å²) < 4.78 is 0. The highest BCUT2D eigenvalue weighted by Crippen LogP contribution is 2.46. The molecule has 0 aliphatic heterocycles. The van der Waals surface area contributed by atoms with Crippen LogP contribution in [0, 0.1) is 10.8 Å². The molecule has 0 aromatic heterocycles. The first-order valence-electron chi connectivity index (χ1n) is 7.73.